The van der Waals surface area contributed by atoms with E-state index in [1.807, 2.05) is 18.2 Å². The average Bonchev–Trinajstić information content (AvgIpc) is 3.12. The minimum atomic E-state index is -0.118. The van der Waals surface area contributed by atoms with Crippen molar-refractivity contribution >= 4 is 17.8 Å². The average molecular weight is 351 g/mol. The monoisotopic (exact) mass is 351 g/mol. The summed E-state index contributed by atoms with van der Waals surface area (Å²) in [6.07, 6.45) is 4.27. The summed E-state index contributed by atoms with van der Waals surface area (Å²) < 4.78 is 10.9. The number of hydrogen-bond acceptors (Lipinski definition) is 4. The lowest BCUT2D eigenvalue weighted by Gasteiger charge is -2.11. The van der Waals surface area contributed by atoms with Crippen LogP contribution in [0.15, 0.2) is 48.5 Å². The van der Waals surface area contributed by atoms with Gasteiger partial charge in [-0.1, -0.05) is 12.1 Å². The Hall–Kier alpha value is -3.08. The lowest BCUT2D eigenvalue weighted by atomic mass is 10.1. The van der Waals surface area contributed by atoms with Gasteiger partial charge in [-0.25, -0.2) is 0 Å². The largest absolute Gasteiger partial charge is 0.493 e. The molecular weight excluding hydrogens is 330 g/mol. The first-order valence-electron chi connectivity index (χ1n) is 8.44. The zero-order chi connectivity index (χ0) is 18.5. The van der Waals surface area contributed by atoms with E-state index < -0.39 is 0 Å². The molecule has 5 nitrogen and oxygen atoms in total. The third-order valence-electron chi connectivity index (χ3n) is 4.14. The number of likely N-dealkylation sites (N-methyl/N-ethyl adjacent to an activating group) is 1. The van der Waals surface area contributed by atoms with Crippen LogP contribution < -0.4 is 9.47 Å². The van der Waals surface area contributed by atoms with Gasteiger partial charge < -0.3 is 14.4 Å². The number of amides is 1. The zero-order valence-electron chi connectivity index (χ0n) is 14.9. The number of ether oxygens (including phenoxy) is 2. The van der Waals surface area contributed by atoms with Crippen molar-refractivity contribution in [3.8, 4) is 11.5 Å². The summed E-state index contributed by atoms with van der Waals surface area (Å²) in [6.45, 7) is 0.693. The third-order valence-corrected chi connectivity index (χ3v) is 4.14. The van der Waals surface area contributed by atoms with E-state index in [4.69, 9.17) is 9.47 Å². The van der Waals surface area contributed by atoms with E-state index >= 15 is 0 Å². The standard InChI is InChI=1S/C21H21NO4/c1-22(2)21(24)14-26-18-7-5-16(6-8-18)19(23)9-3-15-4-10-20-17(13-15)11-12-25-20/h3-10,13H,11-12,14H2,1-2H3. The fraction of sp³-hybridized carbons (Fsp3) is 0.238. The van der Waals surface area contributed by atoms with Gasteiger partial charge in [0.25, 0.3) is 5.91 Å². The predicted octanol–water partition coefficient (Wildman–Crippen LogP) is 2.98. The van der Waals surface area contributed by atoms with Crippen LogP contribution in [0, 0.1) is 0 Å². The molecule has 1 aliphatic rings. The van der Waals surface area contributed by atoms with Gasteiger partial charge in [0, 0.05) is 26.1 Å². The first kappa shape index (κ1) is 17.7. The molecule has 3 rings (SSSR count). The normalized spacial score (nSPS) is 12.5. The SMILES string of the molecule is CN(C)C(=O)COc1ccc(C(=O)C=Cc2ccc3c(c2)CCO3)cc1. The van der Waals surface area contributed by atoms with Gasteiger partial charge in [-0.2, -0.15) is 0 Å². The van der Waals surface area contributed by atoms with Gasteiger partial charge >= 0.3 is 0 Å². The van der Waals surface area contributed by atoms with Crippen LogP contribution in [0.25, 0.3) is 6.08 Å². The quantitative estimate of drug-likeness (QED) is 0.593. The van der Waals surface area contributed by atoms with Crippen LogP contribution in [0.2, 0.25) is 0 Å². The Kier molecular flexibility index (Phi) is 5.37. The molecule has 0 bridgehead atoms. The first-order chi connectivity index (χ1) is 12.5. The molecule has 0 radical (unpaired) electrons. The number of ketones is 1. The highest BCUT2D eigenvalue weighted by Gasteiger charge is 2.11. The molecule has 2 aromatic carbocycles. The molecule has 0 N–H and O–H groups in total. The van der Waals surface area contributed by atoms with Crippen LogP contribution in [0.3, 0.4) is 0 Å². The Bertz CT molecular complexity index is 838. The van der Waals surface area contributed by atoms with Crippen molar-refractivity contribution in [1.82, 2.24) is 4.90 Å². The Morgan fingerprint density at radius 2 is 1.92 bits per heavy atom. The van der Waals surface area contributed by atoms with E-state index in [1.54, 1.807) is 50.5 Å². The number of rotatable bonds is 6. The van der Waals surface area contributed by atoms with Crippen molar-refractivity contribution in [2.24, 2.45) is 0 Å². The molecule has 1 heterocycles. The minimum absolute atomic E-state index is 0.0256. The third kappa shape index (κ3) is 4.30. The van der Waals surface area contributed by atoms with E-state index in [0.717, 1.165) is 24.3 Å². The maximum Gasteiger partial charge on any atom is 0.259 e. The second-order valence-corrected chi connectivity index (χ2v) is 6.26. The van der Waals surface area contributed by atoms with Crippen LogP contribution in [0.1, 0.15) is 21.5 Å². The van der Waals surface area contributed by atoms with Gasteiger partial charge in [-0.3, -0.25) is 9.59 Å². The fourth-order valence-corrected chi connectivity index (χ4v) is 2.57. The summed E-state index contributed by atoms with van der Waals surface area (Å²) in [4.78, 5) is 25.3. The first-order valence-corrected chi connectivity index (χ1v) is 8.44. The van der Waals surface area contributed by atoms with Crippen molar-refractivity contribution in [2.75, 3.05) is 27.3 Å². The molecule has 0 fully saturated rings. The summed E-state index contributed by atoms with van der Waals surface area (Å²) in [5, 5.41) is 0. The highest BCUT2D eigenvalue weighted by atomic mass is 16.5. The molecule has 1 amide bonds. The molecule has 0 atom stereocenters. The number of nitrogens with zero attached hydrogens (tertiary/aromatic N) is 1. The minimum Gasteiger partial charge on any atom is -0.493 e. The molecule has 2 aromatic rings. The number of benzene rings is 2. The summed E-state index contributed by atoms with van der Waals surface area (Å²) in [6, 6.07) is 12.7. The van der Waals surface area contributed by atoms with Gasteiger partial charge in [-0.05, 0) is 53.6 Å². The highest BCUT2D eigenvalue weighted by Crippen LogP contribution is 2.26. The van der Waals surface area contributed by atoms with E-state index in [1.165, 1.54) is 10.5 Å². The number of carbonyl (C=O) groups excluding carboxylic acids is 2. The predicted molar refractivity (Wildman–Crippen MR) is 99.6 cm³/mol. The summed E-state index contributed by atoms with van der Waals surface area (Å²) in [5.74, 6) is 1.28. The molecule has 0 saturated heterocycles. The van der Waals surface area contributed by atoms with Gasteiger partial charge in [0.15, 0.2) is 12.4 Å². The Morgan fingerprint density at radius 3 is 2.65 bits per heavy atom. The lowest BCUT2D eigenvalue weighted by molar-refractivity contribution is -0.130. The molecule has 0 spiro atoms. The molecule has 0 aliphatic carbocycles. The molecule has 0 aromatic heterocycles. The Labute approximate surface area is 152 Å². The zero-order valence-corrected chi connectivity index (χ0v) is 14.9. The summed E-state index contributed by atoms with van der Waals surface area (Å²) >= 11 is 0. The lowest BCUT2D eigenvalue weighted by Crippen LogP contribution is -2.27. The number of fused-ring (bicyclic) bond motifs is 1. The van der Waals surface area contributed by atoms with Crippen LogP contribution >= 0.6 is 0 Å². The van der Waals surface area contributed by atoms with Gasteiger partial charge in [0.05, 0.1) is 6.61 Å². The molecule has 5 heteroatoms. The van der Waals surface area contributed by atoms with Crippen LogP contribution in [0.5, 0.6) is 11.5 Å². The molecule has 0 saturated carbocycles. The number of allylic oxidation sites excluding steroid dienone is 1. The number of hydrogen-bond donors (Lipinski definition) is 0. The fourth-order valence-electron chi connectivity index (χ4n) is 2.57. The molecule has 26 heavy (non-hydrogen) atoms. The van der Waals surface area contributed by atoms with Crippen molar-refractivity contribution in [1.29, 1.82) is 0 Å². The highest BCUT2D eigenvalue weighted by molar-refractivity contribution is 6.06. The van der Waals surface area contributed by atoms with E-state index in [0.29, 0.717) is 11.3 Å². The maximum absolute atomic E-state index is 12.3. The molecular formula is C21H21NO4. The van der Waals surface area contributed by atoms with Gasteiger partial charge in [-0.15, -0.1) is 0 Å². The van der Waals surface area contributed by atoms with Crippen molar-refractivity contribution in [2.45, 2.75) is 6.42 Å². The van der Waals surface area contributed by atoms with E-state index in [9.17, 15) is 9.59 Å². The molecule has 134 valence electrons. The van der Waals surface area contributed by atoms with Gasteiger partial charge in [0.1, 0.15) is 11.5 Å². The van der Waals surface area contributed by atoms with Crippen molar-refractivity contribution in [3.63, 3.8) is 0 Å². The summed E-state index contributed by atoms with van der Waals surface area (Å²) in [7, 11) is 3.35. The van der Waals surface area contributed by atoms with E-state index in [-0.39, 0.29) is 18.3 Å². The van der Waals surface area contributed by atoms with Crippen LogP contribution in [-0.4, -0.2) is 43.9 Å². The topological polar surface area (TPSA) is 55.8 Å². The van der Waals surface area contributed by atoms with E-state index in [2.05, 4.69) is 0 Å². The molecule has 1 aliphatic heterocycles. The van der Waals surface area contributed by atoms with Crippen LogP contribution in [0.4, 0.5) is 0 Å². The van der Waals surface area contributed by atoms with Crippen molar-refractivity contribution < 1.29 is 19.1 Å². The van der Waals surface area contributed by atoms with Crippen LogP contribution in [-0.2, 0) is 11.2 Å². The van der Waals surface area contributed by atoms with Crippen molar-refractivity contribution in [3.05, 3.63) is 65.2 Å². The Balaban J connectivity index is 1.60. The number of carbonyl (C=O) groups is 2. The second-order valence-electron chi connectivity index (χ2n) is 6.26. The Morgan fingerprint density at radius 1 is 1.15 bits per heavy atom. The smallest absolute Gasteiger partial charge is 0.259 e. The summed E-state index contributed by atoms with van der Waals surface area (Å²) in [5.41, 5.74) is 2.72. The molecule has 0 unspecified atom stereocenters. The van der Waals surface area contributed by atoms with Gasteiger partial charge in [0.2, 0.25) is 0 Å². The second kappa shape index (κ2) is 7.87. The maximum atomic E-state index is 12.3.